The van der Waals surface area contributed by atoms with E-state index >= 15 is 0 Å². The predicted octanol–water partition coefficient (Wildman–Crippen LogP) is 4.50. The molecule has 10 heteroatoms. The van der Waals surface area contributed by atoms with E-state index in [4.69, 9.17) is 11.6 Å². The smallest absolute Gasteiger partial charge is 0.372 e. The van der Waals surface area contributed by atoms with Crippen molar-refractivity contribution in [2.45, 2.75) is 38.5 Å². The zero-order valence-electron chi connectivity index (χ0n) is 21.8. The summed E-state index contributed by atoms with van der Waals surface area (Å²) in [7, 11) is 3.21. The Morgan fingerprint density at radius 1 is 1.16 bits per heavy atom. The highest BCUT2D eigenvalue weighted by Gasteiger charge is 2.56. The number of halogens is 4. The number of anilines is 1. The van der Waals surface area contributed by atoms with Crippen molar-refractivity contribution < 1.29 is 27.9 Å². The first-order valence-corrected chi connectivity index (χ1v) is 12.7. The number of carbonyl (C=O) groups is 2. The van der Waals surface area contributed by atoms with E-state index in [1.54, 1.807) is 20.2 Å². The van der Waals surface area contributed by atoms with Gasteiger partial charge in [0.15, 0.2) is 5.60 Å². The number of likely N-dealkylation sites (N-methyl/N-ethyl adjacent to an activating group) is 1. The highest BCUT2D eigenvalue weighted by molar-refractivity contribution is 6.32. The average molecular weight is 550 g/mol. The lowest BCUT2D eigenvalue weighted by Crippen LogP contribution is -2.44. The molecule has 2 aromatic rings. The molecule has 0 bridgehead atoms. The van der Waals surface area contributed by atoms with Gasteiger partial charge in [0, 0.05) is 61.7 Å². The van der Waals surface area contributed by atoms with Crippen LogP contribution in [0.3, 0.4) is 0 Å². The second-order valence-electron chi connectivity index (χ2n) is 9.18. The lowest BCUT2D eigenvalue weighted by Gasteiger charge is -2.27. The summed E-state index contributed by atoms with van der Waals surface area (Å²) in [6, 6.07) is 8.07. The normalized spacial score (nSPS) is 16.9. The molecule has 1 unspecified atom stereocenters. The number of benzene rings is 2. The van der Waals surface area contributed by atoms with Gasteiger partial charge in [-0.2, -0.15) is 13.2 Å². The minimum Gasteiger partial charge on any atom is -0.372 e. The topological polar surface area (TPSA) is 64.1 Å². The van der Waals surface area contributed by atoms with Crippen LogP contribution >= 0.6 is 11.6 Å². The molecular weight excluding hydrogens is 519 g/mol. The molecule has 2 aromatic carbocycles. The van der Waals surface area contributed by atoms with Crippen molar-refractivity contribution >= 4 is 29.1 Å². The molecule has 0 aliphatic carbocycles. The van der Waals surface area contributed by atoms with E-state index < -0.39 is 28.8 Å². The van der Waals surface area contributed by atoms with Crippen LogP contribution in [0.5, 0.6) is 0 Å². The van der Waals surface area contributed by atoms with Crippen molar-refractivity contribution in [2.24, 2.45) is 0 Å². The van der Waals surface area contributed by atoms with Gasteiger partial charge in [0.25, 0.3) is 5.91 Å². The zero-order valence-corrected chi connectivity index (χ0v) is 22.6. The average Bonchev–Trinajstić information content (AvgIpc) is 3.08. The Morgan fingerprint density at radius 2 is 1.82 bits per heavy atom. The largest absolute Gasteiger partial charge is 0.416 e. The third-order valence-corrected chi connectivity index (χ3v) is 6.95. The van der Waals surface area contributed by atoms with Gasteiger partial charge < -0.3 is 19.8 Å². The van der Waals surface area contributed by atoms with Crippen LogP contribution in [0.4, 0.5) is 18.9 Å². The van der Waals surface area contributed by atoms with Gasteiger partial charge in [-0.25, -0.2) is 0 Å². The second kappa shape index (κ2) is 11.8. The number of rotatable bonds is 8. The molecule has 3 rings (SSSR count). The first-order chi connectivity index (χ1) is 17.9. The molecule has 1 N–H and O–H groups in total. The number of hydrogen-bond acceptors (Lipinski definition) is 4. The number of amides is 2. The number of alkyl halides is 3. The van der Waals surface area contributed by atoms with Crippen LogP contribution in [0.2, 0.25) is 5.02 Å². The highest BCUT2D eigenvalue weighted by Crippen LogP contribution is 2.51. The molecule has 1 heterocycles. The van der Waals surface area contributed by atoms with Gasteiger partial charge in [-0.3, -0.25) is 9.59 Å². The van der Waals surface area contributed by atoms with E-state index in [1.165, 1.54) is 34.1 Å². The predicted molar refractivity (Wildman–Crippen MR) is 141 cm³/mol. The Morgan fingerprint density at radius 3 is 2.39 bits per heavy atom. The maximum Gasteiger partial charge on any atom is 0.416 e. The summed E-state index contributed by atoms with van der Waals surface area (Å²) >= 11 is 6.30. The van der Waals surface area contributed by atoms with Crippen LogP contribution in [-0.2, 0) is 21.4 Å². The van der Waals surface area contributed by atoms with Gasteiger partial charge in [-0.05, 0) is 31.3 Å². The molecule has 0 radical (unpaired) electrons. The Hall–Kier alpha value is -3.06. The van der Waals surface area contributed by atoms with Gasteiger partial charge in [0.2, 0.25) is 5.91 Å². The van der Waals surface area contributed by atoms with Gasteiger partial charge in [-0.15, -0.1) is 0 Å². The molecule has 38 heavy (non-hydrogen) atoms. The Kier molecular flexibility index (Phi) is 9.13. The van der Waals surface area contributed by atoms with E-state index in [0.29, 0.717) is 19.6 Å². The molecule has 1 aliphatic rings. The van der Waals surface area contributed by atoms with Crippen molar-refractivity contribution in [3.63, 3.8) is 0 Å². The molecule has 0 spiro atoms. The summed E-state index contributed by atoms with van der Waals surface area (Å²) in [4.78, 5) is 30.2. The Labute approximate surface area is 226 Å². The van der Waals surface area contributed by atoms with Gasteiger partial charge in [0.1, 0.15) is 0 Å². The van der Waals surface area contributed by atoms with Crippen molar-refractivity contribution in [1.29, 1.82) is 0 Å². The van der Waals surface area contributed by atoms with Gasteiger partial charge in [0.05, 0.1) is 11.3 Å². The summed E-state index contributed by atoms with van der Waals surface area (Å²) in [5, 5.41) is 11.8. The number of nitrogens with zero attached hydrogens (tertiary/aromatic N) is 3. The monoisotopic (exact) mass is 549 g/mol. The van der Waals surface area contributed by atoms with Crippen LogP contribution < -0.4 is 4.90 Å². The van der Waals surface area contributed by atoms with E-state index in [1.807, 2.05) is 18.7 Å². The third-order valence-electron chi connectivity index (χ3n) is 6.62. The Bertz CT molecular complexity index is 1270. The number of carbonyl (C=O) groups excluding carboxylic acids is 2. The number of fused-ring (bicyclic) bond motifs is 1. The maximum absolute atomic E-state index is 14.5. The van der Waals surface area contributed by atoms with Crippen LogP contribution in [0, 0.1) is 11.8 Å². The fourth-order valence-corrected chi connectivity index (χ4v) is 4.77. The molecular formula is C28H31ClF3N3O3. The molecule has 0 aromatic heterocycles. The van der Waals surface area contributed by atoms with Gasteiger partial charge in [-0.1, -0.05) is 55.5 Å². The summed E-state index contributed by atoms with van der Waals surface area (Å²) in [6.45, 7) is 5.71. The molecule has 1 atom stereocenters. The first kappa shape index (κ1) is 29.5. The van der Waals surface area contributed by atoms with Crippen molar-refractivity contribution in [2.75, 3.05) is 45.2 Å². The van der Waals surface area contributed by atoms with Crippen molar-refractivity contribution in [3.05, 3.63) is 63.7 Å². The minimum atomic E-state index is -4.90. The number of aliphatic hydroxyl groups is 1. The fraction of sp³-hybridized carbons (Fsp3) is 0.429. The fourth-order valence-electron chi connectivity index (χ4n) is 4.49. The molecule has 2 amide bonds. The van der Waals surface area contributed by atoms with E-state index in [0.717, 1.165) is 6.07 Å². The highest BCUT2D eigenvalue weighted by atomic mass is 35.5. The van der Waals surface area contributed by atoms with E-state index in [2.05, 4.69) is 11.8 Å². The summed E-state index contributed by atoms with van der Waals surface area (Å²) in [6.07, 6.45) is -4.62. The summed E-state index contributed by atoms with van der Waals surface area (Å²) in [5.74, 6) is 4.41. The van der Waals surface area contributed by atoms with Crippen molar-refractivity contribution in [1.82, 2.24) is 9.80 Å². The number of hydrogen-bond donors (Lipinski definition) is 1. The molecule has 1 aliphatic heterocycles. The van der Waals surface area contributed by atoms with Crippen LogP contribution in [0.15, 0.2) is 36.4 Å². The lowest BCUT2D eigenvalue weighted by atomic mass is 9.83. The summed E-state index contributed by atoms with van der Waals surface area (Å²) in [5.41, 5.74) is -4.51. The maximum atomic E-state index is 14.5. The third kappa shape index (κ3) is 5.83. The standard InChI is InChI=1S/C28H31ClF3N3O3/c1-5-34(6-2)15-16-35-23-18-19(11-7-10-14-24(36)33(3)4)17-21(28(30,31)32)25(23)27(38,26(35)37)20-12-8-9-13-22(20)29/h8-9,12-13,17-18,38H,5-6,10,14-16H2,1-4H3. The molecule has 0 saturated heterocycles. The second-order valence-corrected chi connectivity index (χ2v) is 9.59. The quantitative estimate of drug-likeness (QED) is 0.492. The zero-order chi connectivity index (χ0) is 28.3. The first-order valence-electron chi connectivity index (χ1n) is 12.3. The molecule has 0 fully saturated rings. The van der Waals surface area contributed by atoms with Crippen LogP contribution in [0.1, 0.15) is 48.9 Å². The van der Waals surface area contributed by atoms with Crippen LogP contribution in [-0.4, -0.2) is 67.0 Å². The molecule has 204 valence electrons. The van der Waals surface area contributed by atoms with Gasteiger partial charge >= 0.3 is 6.18 Å². The Balaban J connectivity index is 2.20. The van der Waals surface area contributed by atoms with E-state index in [9.17, 15) is 27.9 Å². The van der Waals surface area contributed by atoms with Crippen LogP contribution in [0.25, 0.3) is 0 Å². The SMILES string of the molecule is CCN(CC)CCN1C(=O)C(O)(c2ccccc2Cl)c2c1cc(C#CCCC(=O)N(C)C)cc2C(F)(F)F. The molecule has 0 saturated carbocycles. The summed E-state index contributed by atoms with van der Waals surface area (Å²) < 4.78 is 43.4. The van der Waals surface area contributed by atoms with Crippen molar-refractivity contribution in [3.8, 4) is 11.8 Å². The lowest BCUT2D eigenvalue weighted by molar-refractivity contribution is -0.142. The molecule has 6 nitrogen and oxygen atoms in total. The minimum absolute atomic E-state index is 0.0254. The van der Waals surface area contributed by atoms with E-state index in [-0.39, 0.29) is 47.1 Å².